The Labute approximate surface area is 163 Å². The maximum absolute atomic E-state index is 12.7. The van der Waals surface area contributed by atoms with E-state index in [2.05, 4.69) is 26.2 Å². The lowest BCUT2D eigenvalue weighted by Crippen LogP contribution is -2.45. The molecule has 136 valence electrons. The number of aryl methyl sites for hydroxylation is 1. The summed E-state index contributed by atoms with van der Waals surface area (Å²) in [6.45, 7) is 2.97. The highest BCUT2D eigenvalue weighted by Crippen LogP contribution is 2.30. The van der Waals surface area contributed by atoms with E-state index in [0.29, 0.717) is 30.1 Å². The Kier molecular flexibility index (Phi) is 5.94. The van der Waals surface area contributed by atoms with Crippen LogP contribution in [0.25, 0.3) is 0 Å². The SMILES string of the molecule is Cc1nc(CNC(=O)C2CCCN(S(=O)(=O)c3ccc(Br)s3)C2)cs1. The van der Waals surface area contributed by atoms with Gasteiger partial charge in [0.25, 0.3) is 10.0 Å². The standard InChI is InChI=1S/C15H18BrN3O3S3/c1-10-18-12(9-23-10)7-17-15(20)11-3-2-6-19(8-11)25(21,22)14-5-4-13(16)24-14/h4-5,9,11H,2-3,6-8H2,1H3,(H,17,20). The number of carbonyl (C=O) groups is 1. The van der Waals surface area contributed by atoms with Crippen molar-refractivity contribution in [3.63, 3.8) is 0 Å². The van der Waals surface area contributed by atoms with Crippen molar-refractivity contribution in [2.75, 3.05) is 13.1 Å². The molecular weight excluding hydrogens is 446 g/mol. The van der Waals surface area contributed by atoms with Gasteiger partial charge >= 0.3 is 0 Å². The van der Waals surface area contributed by atoms with Crippen LogP contribution in [0.1, 0.15) is 23.5 Å². The number of rotatable bonds is 5. The van der Waals surface area contributed by atoms with E-state index in [1.54, 1.807) is 23.5 Å². The number of nitrogens with zero attached hydrogens (tertiary/aromatic N) is 2. The van der Waals surface area contributed by atoms with E-state index in [1.165, 1.54) is 15.6 Å². The number of thiazole rings is 1. The normalized spacial score (nSPS) is 19.0. The number of aromatic nitrogens is 1. The molecule has 3 rings (SSSR count). The highest BCUT2D eigenvalue weighted by molar-refractivity contribution is 9.11. The summed E-state index contributed by atoms with van der Waals surface area (Å²) in [7, 11) is -3.54. The first-order valence-electron chi connectivity index (χ1n) is 7.80. The zero-order chi connectivity index (χ0) is 18.0. The van der Waals surface area contributed by atoms with Crippen LogP contribution in [0.3, 0.4) is 0 Å². The van der Waals surface area contributed by atoms with Crippen LogP contribution < -0.4 is 5.32 Å². The lowest BCUT2D eigenvalue weighted by Gasteiger charge is -2.30. The molecule has 0 aliphatic carbocycles. The second-order valence-electron chi connectivity index (χ2n) is 5.84. The minimum Gasteiger partial charge on any atom is -0.350 e. The highest BCUT2D eigenvalue weighted by Gasteiger charge is 2.34. The first-order valence-corrected chi connectivity index (χ1v) is 11.7. The second-order valence-corrected chi connectivity index (χ2v) is 11.5. The van der Waals surface area contributed by atoms with E-state index in [1.807, 2.05) is 12.3 Å². The fourth-order valence-electron chi connectivity index (χ4n) is 2.75. The summed E-state index contributed by atoms with van der Waals surface area (Å²) >= 11 is 6.02. The van der Waals surface area contributed by atoms with Gasteiger partial charge in [0.1, 0.15) is 4.21 Å². The van der Waals surface area contributed by atoms with Crippen molar-refractivity contribution >= 4 is 54.5 Å². The molecule has 0 radical (unpaired) electrons. The lowest BCUT2D eigenvalue weighted by atomic mass is 9.99. The summed E-state index contributed by atoms with van der Waals surface area (Å²) in [6, 6.07) is 3.32. The Morgan fingerprint density at radius 1 is 1.48 bits per heavy atom. The number of hydrogen-bond donors (Lipinski definition) is 1. The molecule has 10 heteroatoms. The molecule has 1 aliphatic heterocycles. The zero-order valence-corrected chi connectivity index (χ0v) is 17.6. The molecule has 0 aromatic carbocycles. The third-order valence-corrected chi connectivity index (χ3v) is 8.79. The van der Waals surface area contributed by atoms with Crippen molar-refractivity contribution in [2.45, 2.75) is 30.5 Å². The number of amides is 1. The molecular formula is C15H18BrN3O3S3. The molecule has 2 aromatic rings. The smallest absolute Gasteiger partial charge is 0.252 e. The van der Waals surface area contributed by atoms with Crippen LogP contribution in [-0.2, 0) is 21.4 Å². The summed E-state index contributed by atoms with van der Waals surface area (Å²) in [5.74, 6) is -0.440. The van der Waals surface area contributed by atoms with Gasteiger partial charge in [0, 0.05) is 18.5 Å². The fraction of sp³-hybridized carbons (Fsp3) is 0.467. The monoisotopic (exact) mass is 463 g/mol. The topological polar surface area (TPSA) is 79.4 Å². The van der Waals surface area contributed by atoms with E-state index in [0.717, 1.165) is 14.5 Å². The van der Waals surface area contributed by atoms with Crippen molar-refractivity contribution in [3.8, 4) is 0 Å². The number of halogens is 1. The van der Waals surface area contributed by atoms with E-state index in [9.17, 15) is 13.2 Å². The van der Waals surface area contributed by atoms with Crippen molar-refractivity contribution in [2.24, 2.45) is 5.92 Å². The van der Waals surface area contributed by atoms with Crippen molar-refractivity contribution in [3.05, 3.63) is 32.0 Å². The Hall–Kier alpha value is -0.810. The molecule has 6 nitrogen and oxygen atoms in total. The molecule has 1 aliphatic rings. The first-order chi connectivity index (χ1) is 11.9. The van der Waals surface area contributed by atoms with Crippen LogP contribution in [0.5, 0.6) is 0 Å². The quantitative estimate of drug-likeness (QED) is 0.738. The van der Waals surface area contributed by atoms with Crippen LogP contribution in [0.4, 0.5) is 0 Å². The Bertz CT molecular complexity index is 862. The van der Waals surface area contributed by atoms with E-state index in [-0.39, 0.29) is 18.4 Å². The van der Waals surface area contributed by atoms with Gasteiger partial charge in [-0.15, -0.1) is 22.7 Å². The molecule has 3 heterocycles. The molecule has 1 amide bonds. The van der Waals surface area contributed by atoms with Crippen molar-refractivity contribution in [1.29, 1.82) is 0 Å². The third-order valence-electron chi connectivity index (χ3n) is 4.01. The second kappa shape index (κ2) is 7.83. The van der Waals surface area contributed by atoms with E-state index < -0.39 is 10.0 Å². The van der Waals surface area contributed by atoms with Crippen LogP contribution in [0.2, 0.25) is 0 Å². The minimum absolute atomic E-state index is 0.113. The van der Waals surface area contributed by atoms with Gasteiger partial charge in [0.2, 0.25) is 5.91 Å². The molecule has 1 saturated heterocycles. The van der Waals surface area contributed by atoms with Gasteiger partial charge in [0.15, 0.2) is 0 Å². The largest absolute Gasteiger partial charge is 0.350 e. The van der Waals surface area contributed by atoms with Crippen LogP contribution in [-0.4, -0.2) is 36.7 Å². The maximum atomic E-state index is 12.7. The van der Waals surface area contributed by atoms with E-state index in [4.69, 9.17) is 0 Å². The Morgan fingerprint density at radius 2 is 2.28 bits per heavy atom. The Morgan fingerprint density at radius 3 is 2.92 bits per heavy atom. The molecule has 0 bridgehead atoms. The number of nitrogens with one attached hydrogen (secondary N) is 1. The number of piperidine rings is 1. The number of sulfonamides is 1. The molecule has 1 fully saturated rings. The van der Waals surface area contributed by atoms with Gasteiger partial charge < -0.3 is 5.32 Å². The number of carbonyl (C=O) groups excluding carboxylic acids is 1. The summed E-state index contributed by atoms with van der Waals surface area (Å²) < 4.78 is 28.0. The molecule has 1 atom stereocenters. The predicted molar refractivity (Wildman–Crippen MR) is 102 cm³/mol. The average molecular weight is 464 g/mol. The summed E-state index contributed by atoms with van der Waals surface area (Å²) in [6.07, 6.45) is 1.38. The van der Waals surface area contributed by atoms with Crippen molar-refractivity contribution < 1.29 is 13.2 Å². The van der Waals surface area contributed by atoms with Gasteiger partial charge in [-0.05, 0) is 47.8 Å². The van der Waals surface area contributed by atoms with Crippen LogP contribution in [0.15, 0.2) is 25.5 Å². The molecule has 1 unspecified atom stereocenters. The summed E-state index contributed by atoms with van der Waals surface area (Å²) in [5.41, 5.74) is 0.833. The van der Waals surface area contributed by atoms with Gasteiger partial charge in [-0.1, -0.05) is 0 Å². The molecule has 25 heavy (non-hydrogen) atoms. The first kappa shape index (κ1) is 19.0. The van der Waals surface area contributed by atoms with Crippen LogP contribution >= 0.6 is 38.6 Å². The third kappa shape index (κ3) is 4.48. The van der Waals surface area contributed by atoms with Gasteiger partial charge in [-0.3, -0.25) is 4.79 Å². The predicted octanol–water partition coefficient (Wildman–Crippen LogP) is 2.99. The highest BCUT2D eigenvalue weighted by atomic mass is 79.9. The molecule has 0 spiro atoms. The van der Waals surface area contributed by atoms with Gasteiger partial charge in [-0.2, -0.15) is 4.31 Å². The summed E-state index contributed by atoms with van der Waals surface area (Å²) in [5, 5.41) is 5.75. The summed E-state index contributed by atoms with van der Waals surface area (Å²) in [4.78, 5) is 16.7. The number of hydrogen-bond acceptors (Lipinski definition) is 6. The van der Waals surface area contributed by atoms with Crippen molar-refractivity contribution in [1.82, 2.24) is 14.6 Å². The minimum atomic E-state index is -3.54. The molecule has 1 N–H and O–H groups in total. The van der Waals surface area contributed by atoms with E-state index >= 15 is 0 Å². The van der Waals surface area contributed by atoms with Crippen LogP contribution in [0, 0.1) is 12.8 Å². The average Bonchev–Trinajstić information content (AvgIpc) is 3.21. The Balaban J connectivity index is 1.63. The lowest BCUT2D eigenvalue weighted by molar-refractivity contribution is -0.126. The maximum Gasteiger partial charge on any atom is 0.252 e. The fourth-order valence-corrected chi connectivity index (χ4v) is 7.05. The molecule has 0 saturated carbocycles. The zero-order valence-electron chi connectivity index (χ0n) is 13.6. The van der Waals surface area contributed by atoms with Gasteiger partial charge in [-0.25, -0.2) is 13.4 Å². The molecule has 2 aromatic heterocycles. The van der Waals surface area contributed by atoms with Gasteiger partial charge in [0.05, 0.1) is 27.0 Å². The number of thiophene rings is 1.